The van der Waals surface area contributed by atoms with Crippen LogP contribution in [0.2, 0.25) is 0 Å². The van der Waals surface area contributed by atoms with Gasteiger partial charge in [-0.05, 0) is 35.9 Å². The normalized spacial score (nSPS) is 11.6. The van der Waals surface area contributed by atoms with E-state index in [1.54, 1.807) is 0 Å². The molecule has 3 nitrogen and oxygen atoms in total. The van der Waals surface area contributed by atoms with Crippen molar-refractivity contribution in [2.75, 3.05) is 0 Å². The van der Waals surface area contributed by atoms with Crippen LogP contribution in [-0.2, 0) is 11.9 Å². The highest BCUT2D eigenvalue weighted by atomic mass is 35.5. The fourth-order valence-corrected chi connectivity index (χ4v) is 2.43. The molecule has 106 valence electrons. The Hall–Kier alpha value is -1.47. The maximum Gasteiger partial charge on any atom is 0.419 e. The molecule has 0 atom stereocenters. The van der Waals surface area contributed by atoms with Gasteiger partial charge in [-0.1, -0.05) is 11.8 Å². The maximum atomic E-state index is 12.7. The quantitative estimate of drug-likeness (QED) is 0.619. The summed E-state index contributed by atoms with van der Waals surface area (Å²) < 4.78 is 43.3. The van der Waals surface area contributed by atoms with Crippen LogP contribution in [0.15, 0.2) is 39.9 Å². The van der Waals surface area contributed by atoms with E-state index in [1.807, 2.05) is 0 Å². The Morgan fingerprint density at radius 3 is 2.70 bits per heavy atom. The molecule has 0 N–H and O–H groups in total. The summed E-state index contributed by atoms with van der Waals surface area (Å²) in [5.41, 5.74) is -0.801. The molecule has 0 radical (unpaired) electrons. The van der Waals surface area contributed by atoms with E-state index in [1.165, 1.54) is 24.4 Å². The molecule has 0 fully saturated rings. The van der Waals surface area contributed by atoms with Crippen molar-refractivity contribution in [2.45, 2.75) is 17.0 Å². The zero-order chi connectivity index (χ0) is 14.8. The van der Waals surface area contributed by atoms with Gasteiger partial charge < -0.3 is 4.42 Å². The highest BCUT2D eigenvalue weighted by Gasteiger charge is 2.34. The van der Waals surface area contributed by atoms with Crippen molar-refractivity contribution >= 4 is 28.6 Å². The molecule has 0 aliphatic rings. The van der Waals surface area contributed by atoms with Crippen LogP contribution < -0.4 is 0 Å². The van der Waals surface area contributed by atoms with E-state index in [-0.39, 0.29) is 16.5 Å². The average Bonchev–Trinajstić information content (AvgIpc) is 2.84. The molecule has 2 rings (SSSR count). The van der Waals surface area contributed by atoms with Gasteiger partial charge in [0.2, 0.25) is 0 Å². The molecule has 0 aromatic carbocycles. The lowest BCUT2D eigenvalue weighted by Crippen LogP contribution is -2.07. The molecule has 2 aromatic heterocycles. The van der Waals surface area contributed by atoms with E-state index in [2.05, 4.69) is 4.98 Å². The number of thioether (sulfide) groups is 1. The van der Waals surface area contributed by atoms with E-state index >= 15 is 0 Å². The third-order valence-electron chi connectivity index (χ3n) is 2.28. The monoisotopic (exact) mass is 321 g/mol. The van der Waals surface area contributed by atoms with Gasteiger partial charge in [-0.2, -0.15) is 13.2 Å². The first-order chi connectivity index (χ1) is 9.38. The SMILES string of the molecule is O=C(Cl)c1ccc(CSc2ncccc2C(F)(F)F)o1. The molecule has 0 bridgehead atoms. The Labute approximate surface area is 121 Å². The van der Waals surface area contributed by atoms with E-state index in [0.717, 1.165) is 17.8 Å². The first kappa shape index (κ1) is 14.9. The van der Waals surface area contributed by atoms with Gasteiger partial charge in [0.05, 0.1) is 11.3 Å². The summed E-state index contributed by atoms with van der Waals surface area (Å²) >= 11 is 6.09. The van der Waals surface area contributed by atoms with Gasteiger partial charge in [-0.3, -0.25) is 4.79 Å². The lowest BCUT2D eigenvalue weighted by Gasteiger charge is -2.10. The second-order valence-electron chi connectivity index (χ2n) is 3.68. The van der Waals surface area contributed by atoms with Gasteiger partial charge in [-0.15, -0.1) is 0 Å². The lowest BCUT2D eigenvalue weighted by molar-refractivity contribution is -0.140. The molecule has 20 heavy (non-hydrogen) atoms. The summed E-state index contributed by atoms with van der Waals surface area (Å²) in [4.78, 5) is 14.5. The van der Waals surface area contributed by atoms with Crippen molar-refractivity contribution in [3.63, 3.8) is 0 Å². The Balaban J connectivity index is 2.13. The largest absolute Gasteiger partial charge is 0.456 e. The van der Waals surface area contributed by atoms with Gasteiger partial charge in [0.25, 0.3) is 5.24 Å². The molecule has 0 spiro atoms. The minimum atomic E-state index is -4.46. The highest BCUT2D eigenvalue weighted by Crippen LogP contribution is 2.36. The molecule has 0 saturated carbocycles. The van der Waals surface area contributed by atoms with E-state index in [0.29, 0.717) is 5.76 Å². The molecule has 0 unspecified atom stereocenters. The molecule has 0 aliphatic carbocycles. The molecule has 0 saturated heterocycles. The minimum absolute atomic E-state index is 0.0423. The van der Waals surface area contributed by atoms with Gasteiger partial charge in [-0.25, -0.2) is 4.98 Å². The summed E-state index contributed by atoms with van der Waals surface area (Å²) in [5.74, 6) is 0.418. The Morgan fingerprint density at radius 2 is 2.10 bits per heavy atom. The minimum Gasteiger partial charge on any atom is -0.456 e. The van der Waals surface area contributed by atoms with Gasteiger partial charge in [0.1, 0.15) is 10.8 Å². The standard InChI is InChI=1S/C12H7ClF3NO2S/c13-10(18)9-4-3-7(19-9)6-20-11-8(12(14,15)16)2-1-5-17-11/h1-5H,6H2. The second-order valence-corrected chi connectivity index (χ2v) is 4.99. The van der Waals surface area contributed by atoms with E-state index in [4.69, 9.17) is 16.0 Å². The number of halogens is 4. The molecule has 0 aliphatic heterocycles. The fraction of sp³-hybridized carbons (Fsp3) is 0.167. The maximum absolute atomic E-state index is 12.7. The van der Waals surface area contributed by atoms with Crippen molar-refractivity contribution in [3.8, 4) is 0 Å². The van der Waals surface area contributed by atoms with Crippen molar-refractivity contribution < 1.29 is 22.4 Å². The number of rotatable bonds is 4. The third kappa shape index (κ3) is 3.55. The predicted octanol–water partition coefficient (Wildman–Crippen LogP) is 4.36. The first-order valence-electron chi connectivity index (χ1n) is 5.31. The lowest BCUT2D eigenvalue weighted by atomic mass is 10.3. The molecule has 2 heterocycles. The number of pyridine rings is 1. The Kier molecular flexibility index (Phi) is 4.39. The summed E-state index contributed by atoms with van der Waals surface area (Å²) in [6.07, 6.45) is -3.18. The van der Waals surface area contributed by atoms with Crippen LogP contribution in [-0.4, -0.2) is 10.2 Å². The zero-order valence-electron chi connectivity index (χ0n) is 9.78. The number of aromatic nitrogens is 1. The molecular formula is C12H7ClF3NO2S. The van der Waals surface area contributed by atoms with Crippen LogP contribution in [0, 0.1) is 0 Å². The van der Waals surface area contributed by atoms with Crippen LogP contribution in [0.25, 0.3) is 0 Å². The number of alkyl halides is 3. The van der Waals surface area contributed by atoms with Crippen LogP contribution in [0.5, 0.6) is 0 Å². The number of hydrogen-bond donors (Lipinski definition) is 0. The summed E-state index contributed by atoms with van der Waals surface area (Å²) in [6.45, 7) is 0. The van der Waals surface area contributed by atoms with Crippen molar-refractivity contribution in [1.29, 1.82) is 0 Å². The van der Waals surface area contributed by atoms with Gasteiger partial charge >= 0.3 is 6.18 Å². The van der Waals surface area contributed by atoms with Crippen LogP contribution in [0.4, 0.5) is 13.2 Å². The Bertz CT molecular complexity index is 627. The second kappa shape index (κ2) is 5.88. The molecular weight excluding hydrogens is 315 g/mol. The molecule has 0 amide bonds. The average molecular weight is 322 g/mol. The topological polar surface area (TPSA) is 43.1 Å². The number of hydrogen-bond acceptors (Lipinski definition) is 4. The Morgan fingerprint density at radius 1 is 1.35 bits per heavy atom. The van der Waals surface area contributed by atoms with E-state index < -0.39 is 17.0 Å². The van der Waals surface area contributed by atoms with Crippen molar-refractivity contribution in [1.82, 2.24) is 4.98 Å². The third-order valence-corrected chi connectivity index (χ3v) is 3.50. The number of furan rings is 1. The van der Waals surface area contributed by atoms with Crippen molar-refractivity contribution in [2.24, 2.45) is 0 Å². The van der Waals surface area contributed by atoms with Crippen LogP contribution in [0.3, 0.4) is 0 Å². The zero-order valence-corrected chi connectivity index (χ0v) is 11.4. The summed E-state index contributed by atoms with van der Waals surface area (Å²) in [6, 6.07) is 5.04. The van der Waals surface area contributed by atoms with Gasteiger partial charge in [0, 0.05) is 6.20 Å². The predicted molar refractivity (Wildman–Crippen MR) is 67.7 cm³/mol. The number of carbonyl (C=O) groups excluding carboxylic acids is 1. The summed E-state index contributed by atoms with van der Waals surface area (Å²) in [7, 11) is 0. The molecule has 8 heteroatoms. The van der Waals surface area contributed by atoms with Crippen LogP contribution >= 0.6 is 23.4 Å². The summed E-state index contributed by atoms with van der Waals surface area (Å²) in [5, 5.41) is -0.898. The first-order valence-corrected chi connectivity index (χ1v) is 6.68. The van der Waals surface area contributed by atoms with E-state index in [9.17, 15) is 18.0 Å². The van der Waals surface area contributed by atoms with Crippen molar-refractivity contribution in [3.05, 3.63) is 47.5 Å². The number of nitrogens with zero attached hydrogens (tertiary/aromatic N) is 1. The highest BCUT2D eigenvalue weighted by molar-refractivity contribution is 7.98. The fourth-order valence-electron chi connectivity index (χ4n) is 1.42. The number of carbonyl (C=O) groups is 1. The van der Waals surface area contributed by atoms with Gasteiger partial charge in [0.15, 0.2) is 5.76 Å². The smallest absolute Gasteiger partial charge is 0.419 e. The van der Waals surface area contributed by atoms with Crippen LogP contribution in [0.1, 0.15) is 21.9 Å². The molecule has 2 aromatic rings.